The van der Waals surface area contributed by atoms with Crippen LogP contribution < -0.4 is 4.90 Å². The number of likely N-dealkylation sites (tertiary alicyclic amines) is 1. The Balaban J connectivity index is 1.39. The van der Waals surface area contributed by atoms with Crippen LogP contribution in [-0.4, -0.2) is 111 Å². The zero-order chi connectivity index (χ0) is 28.8. The first kappa shape index (κ1) is 28.7. The number of carbonyl (C=O) groups is 1. The molecule has 5 rings (SSSR count). The lowest BCUT2D eigenvalue weighted by Crippen LogP contribution is -2.51. The maximum Gasteiger partial charge on any atom is 0.246 e. The zero-order valence-corrected chi connectivity index (χ0v) is 24.3. The Morgan fingerprint density at radius 3 is 2.66 bits per heavy atom. The highest BCUT2D eigenvalue weighted by Gasteiger charge is 2.29. The SMILES string of the molecule is C=CC(=O)N1CCN(C(=NC)C2=C(N=COCC3CCCN(C)C3)CN(c3cc(O)cc4ccccc34)CC2)CC1. The predicted molar refractivity (Wildman–Crippen MR) is 166 cm³/mol. The number of fused-ring (bicyclic) bond motifs is 1. The summed E-state index contributed by atoms with van der Waals surface area (Å²) in [6, 6.07) is 11.8. The van der Waals surface area contributed by atoms with Gasteiger partial charge in [-0.05, 0) is 50.4 Å². The number of hydrogen-bond donors (Lipinski definition) is 1. The van der Waals surface area contributed by atoms with E-state index in [1.807, 2.05) is 36.2 Å². The van der Waals surface area contributed by atoms with Crippen LogP contribution in [0.1, 0.15) is 19.3 Å². The molecule has 2 saturated heterocycles. The van der Waals surface area contributed by atoms with Crippen molar-refractivity contribution in [1.29, 1.82) is 0 Å². The van der Waals surface area contributed by atoms with Crippen molar-refractivity contribution in [1.82, 2.24) is 14.7 Å². The highest BCUT2D eigenvalue weighted by Crippen LogP contribution is 2.35. The maximum absolute atomic E-state index is 12.1. The summed E-state index contributed by atoms with van der Waals surface area (Å²) in [6.45, 7) is 10.5. The topological polar surface area (TPSA) is 84.2 Å². The normalized spacial score (nSPS) is 21.2. The van der Waals surface area contributed by atoms with Gasteiger partial charge < -0.3 is 29.4 Å². The molecule has 1 amide bonds. The molecule has 0 aliphatic carbocycles. The van der Waals surface area contributed by atoms with Crippen molar-refractivity contribution in [3.63, 3.8) is 0 Å². The number of amidine groups is 1. The average Bonchev–Trinajstić information content (AvgIpc) is 2.99. The number of phenols is 1. The minimum absolute atomic E-state index is 0.0305. The lowest BCUT2D eigenvalue weighted by Gasteiger charge is -2.39. The van der Waals surface area contributed by atoms with Crippen LogP contribution >= 0.6 is 0 Å². The fourth-order valence-electron chi connectivity index (χ4n) is 6.27. The molecule has 2 fully saturated rings. The number of anilines is 1. The van der Waals surface area contributed by atoms with Gasteiger partial charge in [-0.3, -0.25) is 9.79 Å². The first-order valence-corrected chi connectivity index (χ1v) is 14.6. The molecular weight excluding hydrogens is 516 g/mol. The van der Waals surface area contributed by atoms with E-state index in [2.05, 4.69) is 34.4 Å². The number of nitrogens with zero attached hydrogens (tertiary/aromatic N) is 6. The number of carbonyl (C=O) groups excluding carboxylic acids is 1. The fraction of sp³-hybridized carbons (Fsp3) is 0.469. The van der Waals surface area contributed by atoms with Crippen molar-refractivity contribution in [3.8, 4) is 5.75 Å². The summed E-state index contributed by atoms with van der Waals surface area (Å²) in [6.07, 6.45) is 6.12. The minimum atomic E-state index is -0.0305. The van der Waals surface area contributed by atoms with Crippen molar-refractivity contribution in [3.05, 3.63) is 60.3 Å². The molecule has 3 aliphatic heterocycles. The molecule has 2 aromatic rings. The number of aliphatic imine (C=N–C) groups is 2. The van der Waals surface area contributed by atoms with Crippen molar-refractivity contribution in [2.24, 2.45) is 15.9 Å². The predicted octanol–water partition coefficient (Wildman–Crippen LogP) is 3.75. The van der Waals surface area contributed by atoms with Gasteiger partial charge in [-0.1, -0.05) is 30.8 Å². The number of piperazine rings is 1. The molecule has 2 aromatic carbocycles. The van der Waals surface area contributed by atoms with E-state index in [0.717, 1.165) is 59.6 Å². The quantitative estimate of drug-likeness (QED) is 0.317. The minimum Gasteiger partial charge on any atom is -0.508 e. The first-order valence-electron chi connectivity index (χ1n) is 14.6. The number of ether oxygens (including phenoxy) is 1. The van der Waals surface area contributed by atoms with Crippen molar-refractivity contribution in [2.75, 3.05) is 78.0 Å². The molecule has 0 aromatic heterocycles. The van der Waals surface area contributed by atoms with Gasteiger partial charge in [-0.2, -0.15) is 0 Å². The monoisotopic (exact) mass is 558 g/mol. The van der Waals surface area contributed by atoms with E-state index >= 15 is 0 Å². The zero-order valence-electron chi connectivity index (χ0n) is 24.3. The highest BCUT2D eigenvalue weighted by atomic mass is 16.5. The largest absolute Gasteiger partial charge is 0.508 e. The Morgan fingerprint density at radius 1 is 1.12 bits per heavy atom. The third kappa shape index (κ3) is 6.73. The molecule has 41 heavy (non-hydrogen) atoms. The van der Waals surface area contributed by atoms with E-state index in [9.17, 15) is 9.90 Å². The first-order chi connectivity index (χ1) is 20.0. The number of aromatic hydroxyl groups is 1. The van der Waals surface area contributed by atoms with Gasteiger partial charge in [-0.25, -0.2) is 4.99 Å². The molecule has 0 saturated carbocycles. The molecular formula is C32H42N6O3. The van der Waals surface area contributed by atoms with Crippen LogP contribution in [0.5, 0.6) is 5.75 Å². The van der Waals surface area contributed by atoms with Crippen LogP contribution in [0.15, 0.2) is 70.3 Å². The summed E-state index contributed by atoms with van der Waals surface area (Å²) < 4.78 is 6.00. The van der Waals surface area contributed by atoms with Gasteiger partial charge in [0.15, 0.2) is 6.40 Å². The summed E-state index contributed by atoms with van der Waals surface area (Å²) in [5, 5.41) is 12.6. The summed E-state index contributed by atoms with van der Waals surface area (Å²) in [5.74, 6) is 1.66. The number of hydrogen-bond acceptors (Lipinski definition) is 7. The Morgan fingerprint density at radius 2 is 1.90 bits per heavy atom. The van der Waals surface area contributed by atoms with E-state index < -0.39 is 0 Å². The van der Waals surface area contributed by atoms with E-state index in [4.69, 9.17) is 14.7 Å². The molecule has 218 valence electrons. The van der Waals surface area contributed by atoms with Gasteiger partial charge in [0.1, 0.15) is 11.6 Å². The lowest BCUT2D eigenvalue weighted by molar-refractivity contribution is -0.127. The molecule has 1 atom stereocenters. The third-order valence-corrected chi connectivity index (χ3v) is 8.37. The number of benzene rings is 2. The molecule has 1 N–H and O–H groups in total. The van der Waals surface area contributed by atoms with Gasteiger partial charge >= 0.3 is 0 Å². The van der Waals surface area contributed by atoms with E-state index in [-0.39, 0.29) is 11.7 Å². The second-order valence-electron chi connectivity index (χ2n) is 11.2. The Kier molecular flexibility index (Phi) is 9.24. The molecule has 1 unspecified atom stereocenters. The second kappa shape index (κ2) is 13.2. The van der Waals surface area contributed by atoms with Crippen molar-refractivity contribution in [2.45, 2.75) is 19.3 Å². The Hall–Kier alpha value is -3.85. The van der Waals surface area contributed by atoms with Gasteiger partial charge in [0, 0.05) is 74.9 Å². The van der Waals surface area contributed by atoms with Crippen molar-refractivity contribution >= 4 is 34.6 Å². The number of piperidine rings is 1. The van der Waals surface area contributed by atoms with Crippen molar-refractivity contribution < 1.29 is 14.6 Å². The van der Waals surface area contributed by atoms with E-state index in [0.29, 0.717) is 45.2 Å². The maximum atomic E-state index is 12.1. The summed E-state index contributed by atoms with van der Waals surface area (Å²) in [4.78, 5) is 30.5. The molecule has 9 heteroatoms. The molecule has 0 radical (unpaired) electrons. The summed E-state index contributed by atoms with van der Waals surface area (Å²) in [7, 11) is 3.99. The van der Waals surface area contributed by atoms with E-state index in [1.165, 1.54) is 18.9 Å². The fourth-order valence-corrected chi connectivity index (χ4v) is 6.27. The van der Waals surface area contributed by atoms with Crippen LogP contribution in [0.4, 0.5) is 5.69 Å². The van der Waals surface area contributed by atoms with Crippen LogP contribution in [0.2, 0.25) is 0 Å². The molecule has 0 bridgehead atoms. The van der Waals surface area contributed by atoms with Crippen LogP contribution in [0.25, 0.3) is 10.8 Å². The smallest absolute Gasteiger partial charge is 0.246 e. The van der Waals surface area contributed by atoms with Gasteiger partial charge in [-0.15, -0.1) is 0 Å². The number of amides is 1. The molecule has 0 spiro atoms. The Labute approximate surface area is 243 Å². The summed E-state index contributed by atoms with van der Waals surface area (Å²) >= 11 is 0. The van der Waals surface area contributed by atoms with E-state index in [1.54, 1.807) is 12.5 Å². The highest BCUT2D eigenvalue weighted by molar-refractivity contribution is 6.00. The van der Waals surface area contributed by atoms with Gasteiger partial charge in [0.25, 0.3) is 0 Å². The molecule has 3 heterocycles. The summed E-state index contributed by atoms with van der Waals surface area (Å²) in [5.41, 5.74) is 3.01. The standard InChI is InChI=1S/C32H42N6O3/c1-4-31(40)36-14-16-37(17-15-36)32(33-2)28-11-13-38(30-19-26(39)18-25-9-5-6-10-27(25)30)21-29(28)34-23-41-22-24-8-7-12-35(3)20-24/h4-6,9-10,18-19,23-24,39H,1,7-8,11-17,20-22H2,2-3H3. The molecule has 3 aliphatic rings. The number of rotatable bonds is 7. The second-order valence-corrected chi connectivity index (χ2v) is 11.2. The lowest BCUT2D eigenvalue weighted by atomic mass is 10.00. The van der Waals surface area contributed by atoms with Crippen LogP contribution in [-0.2, 0) is 9.53 Å². The number of phenolic OH excluding ortho intramolecular Hbond substituents is 1. The molecule has 9 nitrogen and oxygen atoms in total. The van der Waals surface area contributed by atoms with Gasteiger partial charge in [0.2, 0.25) is 5.91 Å². The average molecular weight is 559 g/mol. The van der Waals surface area contributed by atoms with Gasteiger partial charge in [0.05, 0.1) is 18.8 Å². The third-order valence-electron chi connectivity index (χ3n) is 8.37. The van der Waals surface area contributed by atoms with Crippen LogP contribution in [0.3, 0.4) is 0 Å². The Bertz CT molecular complexity index is 1340. The van der Waals surface area contributed by atoms with Crippen LogP contribution in [0, 0.1) is 5.92 Å².